The van der Waals surface area contributed by atoms with Crippen molar-refractivity contribution in [3.05, 3.63) is 25.0 Å². The fourth-order valence-electron chi connectivity index (χ4n) is 3.16. The largest absolute Gasteiger partial charge is 0.394 e. The van der Waals surface area contributed by atoms with E-state index in [0.717, 1.165) is 0 Å². The maximum Gasteiger partial charge on any atom is 0.164 e. The van der Waals surface area contributed by atoms with Crippen molar-refractivity contribution in [2.45, 2.75) is 24.5 Å². The number of nitrogens with zero attached hydrogens (tertiary/aromatic N) is 5. The van der Waals surface area contributed by atoms with Crippen LogP contribution in [0, 0.1) is 0 Å². The first-order valence-electron chi connectivity index (χ1n) is 7.73. The van der Waals surface area contributed by atoms with Crippen LogP contribution < -0.4 is 5.73 Å². The van der Waals surface area contributed by atoms with Gasteiger partial charge in [-0.05, 0) is 0 Å². The summed E-state index contributed by atoms with van der Waals surface area (Å²) in [6.07, 6.45) is 2.28. The zero-order chi connectivity index (χ0) is 17.7. The third kappa shape index (κ3) is 2.38. The van der Waals surface area contributed by atoms with E-state index < -0.39 is 31.1 Å². The van der Waals surface area contributed by atoms with E-state index in [9.17, 15) is 15.3 Å². The van der Waals surface area contributed by atoms with Crippen LogP contribution in [-0.4, -0.2) is 64.3 Å². The molecular formula is C15H18N6O4. The number of aliphatic hydroxyl groups is 3. The summed E-state index contributed by atoms with van der Waals surface area (Å²) in [6, 6.07) is 0. The molecule has 3 aromatic heterocycles. The molecule has 10 nitrogen and oxygen atoms in total. The Morgan fingerprint density at radius 2 is 2.00 bits per heavy atom. The highest BCUT2D eigenvalue weighted by Crippen LogP contribution is 2.37. The molecule has 1 saturated heterocycles. The SMILES string of the molecule is Cn1cnc(-c2cn([C@@H]3O[C@H](CO)[C@@H](O)[C@H]3O)c3ncnc(N)c23)c1. The predicted octanol–water partition coefficient (Wildman–Crippen LogP) is -0.975. The van der Waals surface area contributed by atoms with Crippen molar-refractivity contribution in [3.8, 4) is 11.3 Å². The predicted molar refractivity (Wildman–Crippen MR) is 87.2 cm³/mol. The third-order valence-electron chi connectivity index (χ3n) is 4.41. The Morgan fingerprint density at radius 3 is 2.64 bits per heavy atom. The summed E-state index contributed by atoms with van der Waals surface area (Å²) in [5.41, 5.74) is 7.84. The van der Waals surface area contributed by atoms with Crippen LogP contribution in [0.5, 0.6) is 0 Å². The summed E-state index contributed by atoms with van der Waals surface area (Å²) in [6.45, 7) is -0.405. The molecule has 0 bridgehead atoms. The number of anilines is 1. The van der Waals surface area contributed by atoms with Crippen molar-refractivity contribution in [3.63, 3.8) is 0 Å². The van der Waals surface area contributed by atoms with Gasteiger partial charge in [0.05, 0.1) is 24.0 Å². The number of ether oxygens (including phenoxy) is 1. The number of aromatic nitrogens is 5. The molecule has 1 fully saturated rings. The van der Waals surface area contributed by atoms with E-state index in [1.165, 1.54) is 6.33 Å². The quantitative estimate of drug-likeness (QED) is 0.474. The Hall–Kier alpha value is -2.53. The average Bonchev–Trinajstić information content (AvgIpc) is 3.26. The van der Waals surface area contributed by atoms with Crippen molar-refractivity contribution in [1.82, 2.24) is 24.1 Å². The molecule has 0 unspecified atom stereocenters. The molecule has 4 atom stereocenters. The van der Waals surface area contributed by atoms with E-state index in [1.807, 2.05) is 13.2 Å². The van der Waals surface area contributed by atoms with Crippen molar-refractivity contribution < 1.29 is 20.1 Å². The van der Waals surface area contributed by atoms with Gasteiger partial charge in [-0.25, -0.2) is 15.0 Å². The Balaban J connectivity index is 1.90. The van der Waals surface area contributed by atoms with Gasteiger partial charge in [-0.2, -0.15) is 0 Å². The molecule has 0 spiro atoms. The Morgan fingerprint density at radius 1 is 1.20 bits per heavy atom. The van der Waals surface area contributed by atoms with Gasteiger partial charge in [-0.1, -0.05) is 0 Å². The number of hydrogen-bond donors (Lipinski definition) is 4. The molecule has 132 valence electrons. The number of fused-ring (bicyclic) bond motifs is 1. The normalized spacial score (nSPS) is 26.6. The lowest BCUT2D eigenvalue weighted by molar-refractivity contribution is -0.0508. The molecule has 1 aliphatic rings. The van der Waals surface area contributed by atoms with Gasteiger partial charge in [0.15, 0.2) is 6.23 Å². The van der Waals surface area contributed by atoms with E-state index >= 15 is 0 Å². The maximum atomic E-state index is 10.3. The summed E-state index contributed by atoms with van der Waals surface area (Å²) in [4.78, 5) is 12.6. The van der Waals surface area contributed by atoms with Crippen molar-refractivity contribution in [2.75, 3.05) is 12.3 Å². The third-order valence-corrected chi connectivity index (χ3v) is 4.41. The first kappa shape index (κ1) is 16.0. The van der Waals surface area contributed by atoms with Gasteiger partial charge in [0, 0.05) is 25.0 Å². The molecule has 4 heterocycles. The van der Waals surface area contributed by atoms with Crippen molar-refractivity contribution in [2.24, 2.45) is 7.05 Å². The van der Waals surface area contributed by atoms with Gasteiger partial charge in [0.2, 0.25) is 0 Å². The van der Waals surface area contributed by atoms with Gasteiger partial charge in [-0.3, -0.25) is 0 Å². The smallest absolute Gasteiger partial charge is 0.164 e. The van der Waals surface area contributed by atoms with E-state index in [1.54, 1.807) is 21.7 Å². The maximum absolute atomic E-state index is 10.3. The topological polar surface area (TPSA) is 144 Å². The monoisotopic (exact) mass is 346 g/mol. The molecule has 1 aliphatic heterocycles. The number of nitrogen functional groups attached to an aromatic ring is 1. The lowest BCUT2D eigenvalue weighted by Gasteiger charge is -2.17. The zero-order valence-corrected chi connectivity index (χ0v) is 13.4. The van der Waals surface area contributed by atoms with Crippen LogP contribution in [0.4, 0.5) is 5.82 Å². The Labute approximate surface area is 142 Å². The number of aliphatic hydroxyl groups excluding tert-OH is 3. The van der Waals surface area contributed by atoms with Crippen molar-refractivity contribution >= 4 is 16.9 Å². The standard InChI is InChI=1S/C15H18N6O4/c1-20-3-8(19-6-20)7-2-21(14-10(7)13(16)17-5-18-14)15-12(24)11(23)9(4-22)25-15/h2-3,5-6,9,11-12,15,22-24H,4H2,1H3,(H2,16,17,18)/t9-,11-,12-,15-/m1/s1. The highest BCUT2D eigenvalue weighted by molar-refractivity contribution is 5.99. The molecule has 0 amide bonds. The first-order chi connectivity index (χ1) is 12.0. The fourth-order valence-corrected chi connectivity index (χ4v) is 3.16. The molecule has 0 saturated carbocycles. The summed E-state index contributed by atoms with van der Waals surface area (Å²) in [7, 11) is 1.85. The molecule has 25 heavy (non-hydrogen) atoms. The van der Waals surface area contributed by atoms with Gasteiger partial charge in [-0.15, -0.1) is 0 Å². The number of aryl methyl sites for hydroxylation is 1. The van der Waals surface area contributed by atoms with Crippen molar-refractivity contribution in [1.29, 1.82) is 0 Å². The summed E-state index contributed by atoms with van der Waals surface area (Å²) in [5, 5.41) is 30.2. The van der Waals surface area contributed by atoms with Gasteiger partial charge < -0.3 is 34.9 Å². The number of hydrogen-bond acceptors (Lipinski definition) is 8. The summed E-state index contributed by atoms with van der Waals surface area (Å²) >= 11 is 0. The molecule has 5 N–H and O–H groups in total. The average molecular weight is 346 g/mol. The zero-order valence-electron chi connectivity index (χ0n) is 13.4. The molecule has 3 aromatic rings. The first-order valence-corrected chi connectivity index (χ1v) is 7.73. The molecule has 0 radical (unpaired) electrons. The highest BCUT2D eigenvalue weighted by Gasteiger charge is 2.44. The summed E-state index contributed by atoms with van der Waals surface area (Å²) in [5.74, 6) is 0.274. The number of nitrogens with two attached hydrogens (primary N) is 1. The van der Waals surface area contributed by atoms with Gasteiger partial charge in [0.25, 0.3) is 0 Å². The van der Waals surface area contributed by atoms with E-state index in [0.29, 0.717) is 22.3 Å². The number of imidazole rings is 1. The summed E-state index contributed by atoms with van der Waals surface area (Å²) < 4.78 is 8.99. The Bertz CT molecular complexity index is 922. The van der Waals surface area contributed by atoms with Crippen LogP contribution in [-0.2, 0) is 11.8 Å². The van der Waals surface area contributed by atoms with E-state index in [4.69, 9.17) is 10.5 Å². The lowest BCUT2D eigenvalue weighted by Crippen LogP contribution is -2.33. The second kappa shape index (κ2) is 5.77. The second-order valence-electron chi connectivity index (χ2n) is 6.06. The second-order valence-corrected chi connectivity index (χ2v) is 6.06. The molecule has 4 rings (SSSR count). The van der Waals surface area contributed by atoms with Crippen LogP contribution in [0.15, 0.2) is 25.0 Å². The van der Waals surface area contributed by atoms with Crippen LogP contribution in [0.25, 0.3) is 22.3 Å². The van der Waals surface area contributed by atoms with Gasteiger partial charge >= 0.3 is 0 Å². The van der Waals surface area contributed by atoms with E-state index in [2.05, 4.69) is 15.0 Å². The minimum Gasteiger partial charge on any atom is -0.394 e. The Kier molecular flexibility index (Phi) is 3.69. The van der Waals surface area contributed by atoms with Crippen LogP contribution in [0.3, 0.4) is 0 Å². The molecule has 0 aliphatic carbocycles. The molecule has 10 heteroatoms. The fraction of sp³-hybridized carbons (Fsp3) is 0.400. The van der Waals surface area contributed by atoms with Crippen LogP contribution in [0.2, 0.25) is 0 Å². The van der Waals surface area contributed by atoms with E-state index in [-0.39, 0.29) is 5.82 Å². The molecule has 0 aromatic carbocycles. The van der Waals surface area contributed by atoms with Crippen LogP contribution >= 0.6 is 0 Å². The van der Waals surface area contributed by atoms with Crippen LogP contribution in [0.1, 0.15) is 6.23 Å². The minimum absolute atomic E-state index is 0.274. The highest BCUT2D eigenvalue weighted by atomic mass is 16.6. The number of rotatable bonds is 3. The van der Waals surface area contributed by atoms with Gasteiger partial charge in [0.1, 0.15) is 36.1 Å². The molecular weight excluding hydrogens is 328 g/mol. The minimum atomic E-state index is -1.22. The lowest BCUT2D eigenvalue weighted by atomic mass is 10.1.